The number of carbonyl (C=O) groups is 1. The molecule has 1 aliphatic rings. The number of nitrogens with zero attached hydrogens (tertiary/aromatic N) is 2. The molecule has 104 valence electrons. The summed E-state index contributed by atoms with van der Waals surface area (Å²) in [6.07, 6.45) is 2.58. The fourth-order valence-electron chi connectivity index (χ4n) is 2.52. The number of carboxylic acid groups (broad SMARTS) is 1. The molecule has 0 bridgehead atoms. The predicted octanol–water partition coefficient (Wildman–Crippen LogP) is 2.75. The lowest BCUT2D eigenvalue weighted by molar-refractivity contribution is -0.131. The second kappa shape index (κ2) is 5.79. The molecule has 1 N–H and O–H groups in total. The molecular weight excluding hydrogens is 252 g/mol. The van der Waals surface area contributed by atoms with Gasteiger partial charge in [0, 0.05) is 19.2 Å². The van der Waals surface area contributed by atoms with Gasteiger partial charge in [0.15, 0.2) is 0 Å². The molecule has 2 rings (SSSR count). The van der Waals surface area contributed by atoms with E-state index >= 15 is 0 Å². The SMILES string of the molecule is CC1CN(c2ccc(/C=C/C(=O)O)cc2C#N)CC1C. The molecule has 4 heteroatoms. The van der Waals surface area contributed by atoms with Crippen molar-refractivity contribution in [3.63, 3.8) is 0 Å². The van der Waals surface area contributed by atoms with Crippen LogP contribution in [0.3, 0.4) is 0 Å². The van der Waals surface area contributed by atoms with Gasteiger partial charge in [0.2, 0.25) is 0 Å². The Kier molecular flexibility index (Phi) is 4.09. The van der Waals surface area contributed by atoms with Crippen LogP contribution in [-0.2, 0) is 4.79 Å². The van der Waals surface area contributed by atoms with Crippen molar-refractivity contribution < 1.29 is 9.90 Å². The number of hydrogen-bond donors (Lipinski definition) is 1. The van der Waals surface area contributed by atoms with Crippen molar-refractivity contribution in [3.8, 4) is 6.07 Å². The third-order valence-corrected chi connectivity index (χ3v) is 3.89. The van der Waals surface area contributed by atoms with Crippen LogP contribution in [0, 0.1) is 23.2 Å². The third kappa shape index (κ3) is 3.00. The number of aliphatic carboxylic acids is 1. The Balaban J connectivity index is 2.28. The molecule has 0 aliphatic carbocycles. The second-order valence-electron chi connectivity index (χ2n) is 5.42. The lowest BCUT2D eigenvalue weighted by Gasteiger charge is -2.20. The Morgan fingerprint density at radius 1 is 1.40 bits per heavy atom. The van der Waals surface area contributed by atoms with Crippen molar-refractivity contribution >= 4 is 17.7 Å². The predicted molar refractivity (Wildman–Crippen MR) is 78.4 cm³/mol. The minimum absolute atomic E-state index is 0.596. The fraction of sp³-hybridized carbons (Fsp3) is 0.375. The van der Waals surface area contributed by atoms with E-state index in [1.807, 2.05) is 12.1 Å². The third-order valence-electron chi connectivity index (χ3n) is 3.89. The number of nitriles is 1. The molecule has 0 spiro atoms. The highest BCUT2D eigenvalue weighted by atomic mass is 16.4. The van der Waals surface area contributed by atoms with Crippen molar-refractivity contribution in [3.05, 3.63) is 35.4 Å². The summed E-state index contributed by atoms with van der Waals surface area (Å²) in [5.41, 5.74) is 2.27. The van der Waals surface area contributed by atoms with Crippen LogP contribution in [0.15, 0.2) is 24.3 Å². The van der Waals surface area contributed by atoms with Gasteiger partial charge >= 0.3 is 5.97 Å². The van der Waals surface area contributed by atoms with Crippen LogP contribution in [-0.4, -0.2) is 24.2 Å². The highest BCUT2D eigenvalue weighted by Crippen LogP contribution is 2.30. The minimum atomic E-state index is -0.991. The van der Waals surface area contributed by atoms with Gasteiger partial charge in [-0.1, -0.05) is 19.9 Å². The first-order chi connectivity index (χ1) is 9.51. The molecule has 1 aliphatic heterocycles. The van der Waals surface area contributed by atoms with Crippen LogP contribution in [0.1, 0.15) is 25.0 Å². The Morgan fingerprint density at radius 3 is 2.60 bits per heavy atom. The molecule has 0 amide bonds. The quantitative estimate of drug-likeness (QED) is 0.858. The zero-order chi connectivity index (χ0) is 14.7. The van der Waals surface area contributed by atoms with E-state index < -0.39 is 5.97 Å². The number of carboxylic acids is 1. The van der Waals surface area contributed by atoms with Crippen molar-refractivity contribution in [1.82, 2.24) is 0 Å². The molecular formula is C16H18N2O2. The number of benzene rings is 1. The van der Waals surface area contributed by atoms with Crippen LogP contribution >= 0.6 is 0 Å². The van der Waals surface area contributed by atoms with Gasteiger partial charge in [-0.05, 0) is 35.6 Å². The number of hydrogen-bond acceptors (Lipinski definition) is 3. The van der Waals surface area contributed by atoms with E-state index in [0.29, 0.717) is 17.4 Å². The van der Waals surface area contributed by atoms with Gasteiger partial charge in [0.1, 0.15) is 6.07 Å². The molecule has 0 radical (unpaired) electrons. The first kappa shape index (κ1) is 14.1. The van der Waals surface area contributed by atoms with Gasteiger partial charge in [-0.3, -0.25) is 0 Å². The first-order valence-corrected chi connectivity index (χ1v) is 6.71. The Bertz CT molecular complexity index is 577. The van der Waals surface area contributed by atoms with Crippen molar-refractivity contribution in [1.29, 1.82) is 5.26 Å². The van der Waals surface area contributed by atoms with E-state index in [1.54, 1.807) is 6.07 Å². The standard InChI is InChI=1S/C16H18N2O2/c1-11-9-18(10-12(11)2)15-5-3-13(4-6-16(19)20)7-14(15)8-17/h3-7,11-12H,9-10H2,1-2H3,(H,19,20)/b6-4+. The summed E-state index contributed by atoms with van der Waals surface area (Å²) in [5.74, 6) is 0.246. The summed E-state index contributed by atoms with van der Waals surface area (Å²) in [5, 5.41) is 17.9. The van der Waals surface area contributed by atoms with Gasteiger partial charge in [-0.15, -0.1) is 0 Å². The van der Waals surface area contributed by atoms with Crippen LogP contribution in [0.4, 0.5) is 5.69 Å². The average Bonchev–Trinajstić information content (AvgIpc) is 2.75. The molecule has 2 atom stereocenters. The van der Waals surface area contributed by atoms with E-state index in [2.05, 4.69) is 24.8 Å². The van der Waals surface area contributed by atoms with Gasteiger partial charge in [-0.25, -0.2) is 4.79 Å². The maximum Gasteiger partial charge on any atom is 0.328 e. The largest absolute Gasteiger partial charge is 0.478 e. The van der Waals surface area contributed by atoms with Crippen LogP contribution < -0.4 is 4.90 Å². The van der Waals surface area contributed by atoms with Crippen molar-refractivity contribution in [2.24, 2.45) is 11.8 Å². The molecule has 1 fully saturated rings. The van der Waals surface area contributed by atoms with E-state index in [0.717, 1.165) is 30.4 Å². The molecule has 4 nitrogen and oxygen atoms in total. The van der Waals surface area contributed by atoms with Crippen molar-refractivity contribution in [2.75, 3.05) is 18.0 Å². The summed E-state index contributed by atoms with van der Waals surface area (Å²) in [4.78, 5) is 12.8. The van der Waals surface area contributed by atoms with Gasteiger partial charge in [0.25, 0.3) is 0 Å². The molecule has 1 saturated heterocycles. The maximum absolute atomic E-state index is 10.5. The first-order valence-electron chi connectivity index (χ1n) is 6.71. The lowest BCUT2D eigenvalue weighted by Crippen LogP contribution is -2.20. The lowest BCUT2D eigenvalue weighted by atomic mass is 10.0. The zero-order valence-corrected chi connectivity index (χ0v) is 11.7. The summed E-state index contributed by atoms with van der Waals surface area (Å²) in [6.45, 7) is 6.36. The van der Waals surface area contributed by atoms with Gasteiger partial charge in [-0.2, -0.15) is 5.26 Å². The summed E-state index contributed by atoms with van der Waals surface area (Å²) >= 11 is 0. The van der Waals surface area contributed by atoms with E-state index in [1.165, 1.54) is 6.08 Å². The number of rotatable bonds is 3. The summed E-state index contributed by atoms with van der Waals surface area (Å²) in [7, 11) is 0. The van der Waals surface area contributed by atoms with Crippen LogP contribution in [0.5, 0.6) is 0 Å². The highest BCUT2D eigenvalue weighted by Gasteiger charge is 2.27. The molecule has 0 saturated carbocycles. The van der Waals surface area contributed by atoms with E-state index in [4.69, 9.17) is 5.11 Å². The molecule has 1 aromatic rings. The summed E-state index contributed by atoms with van der Waals surface area (Å²) in [6, 6.07) is 7.70. The normalized spacial score (nSPS) is 22.1. The Labute approximate surface area is 118 Å². The van der Waals surface area contributed by atoms with Gasteiger partial charge in [0.05, 0.1) is 11.3 Å². The van der Waals surface area contributed by atoms with Gasteiger partial charge < -0.3 is 10.0 Å². The molecule has 1 heterocycles. The van der Waals surface area contributed by atoms with E-state index in [-0.39, 0.29) is 0 Å². The topological polar surface area (TPSA) is 64.3 Å². The van der Waals surface area contributed by atoms with Crippen LogP contribution in [0.2, 0.25) is 0 Å². The smallest absolute Gasteiger partial charge is 0.328 e. The Morgan fingerprint density at radius 2 is 2.05 bits per heavy atom. The van der Waals surface area contributed by atoms with Crippen LogP contribution in [0.25, 0.3) is 6.08 Å². The summed E-state index contributed by atoms with van der Waals surface area (Å²) < 4.78 is 0. The Hall–Kier alpha value is -2.28. The molecule has 20 heavy (non-hydrogen) atoms. The zero-order valence-electron chi connectivity index (χ0n) is 11.7. The highest BCUT2D eigenvalue weighted by molar-refractivity contribution is 5.85. The second-order valence-corrected chi connectivity index (χ2v) is 5.42. The molecule has 0 aromatic heterocycles. The molecule has 2 unspecified atom stereocenters. The van der Waals surface area contributed by atoms with E-state index in [9.17, 15) is 10.1 Å². The minimum Gasteiger partial charge on any atom is -0.478 e. The average molecular weight is 270 g/mol. The van der Waals surface area contributed by atoms with Crippen molar-refractivity contribution in [2.45, 2.75) is 13.8 Å². The molecule has 1 aromatic carbocycles. The maximum atomic E-state index is 10.5. The fourth-order valence-corrected chi connectivity index (χ4v) is 2.52. The number of anilines is 1. The monoisotopic (exact) mass is 270 g/mol.